The van der Waals surface area contributed by atoms with E-state index in [1.165, 1.54) is 9.21 Å². The van der Waals surface area contributed by atoms with Crippen molar-refractivity contribution in [3.05, 3.63) is 24.3 Å². The normalized spacial score (nSPS) is 18.9. The summed E-state index contributed by atoms with van der Waals surface area (Å²) < 4.78 is 26.6. The van der Waals surface area contributed by atoms with Crippen LogP contribution in [0.2, 0.25) is 0 Å². The summed E-state index contributed by atoms with van der Waals surface area (Å²) in [4.78, 5) is 28.0. The highest BCUT2D eigenvalue weighted by Gasteiger charge is 2.29. The maximum absolute atomic E-state index is 12.6. The van der Waals surface area contributed by atoms with Crippen molar-refractivity contribution in [2.75, 3.05) is 45.6 Å². The molecule has 0 unspecified atom stereocenters. The average molecular weight is 409 g/mol. The van der Waals surface area contributed by atoms with E-state index in [-0.39, 0.29) is 22.8 Å². The number of anilines is 1. The van der Waals surface area contributed by atoms with Gasteiger partial charge in [0.15, 0.2) is 0 Å². The van der Waals surface area contributed by atoms with Crippen molar-refractivity contribution < 1.29 is 18.0 Å². The first-order chi connectivity index (χ1) is 13.3. The van der Waals surface area contributed by atoms with Crippen molar-refractivity contribution in [2.24, 2.45) is 5.92 Å². The number of carbonyl (C=O) groups is 2. The largest absolute Gasteiger partial charge is 0.331 e. The molecule has 0 saturated carbocycles. The first kappa shape index (κ1) is 20.6. The number of amides is 3. The predicted octanol–water partition coefficient (Wildman–Crippen LogP) is 1.80. The standard InChI is InChI=1S/C19H28N4O4S/c1-21(2)19(25)22-13-9-15(10-14-22)18(24)20-16-5-7-17(8-6-16)28(26,27)23-11-3-4-12-23/h5-8,15H,3-4,9-14H2,1-2H3,(H,20,24). The molecule has 3 amide bonds. The van der Waals surface area contributed by atoms with E-state index in [2.05, 4.69) is 5.32 Å². The number of piperidine rings is 1. The fourth-order valence-electron chi connectivity index (χ4n) is 3.65. The summed E-state index contributed by atoms with van der Waals surface area (Å²) in [6.45, 7) is 2.25. The Morgan fingerprint density at radius 2 is 1.57 bits per heavy atom. The molecular formula is C19H28N4O4S. The Morgan fingerprint density at radius 1 is 1.00 bits per heavy atom. The molecule has 2 aliphatic heterocycles. The van der Waals surface area contributed by atoms with E-state index in [1.54, 1.807) is 43.3 Å². The number of likely N-dealkylation sites (tertiary alicyclic amines) is 1. The number of urea groups is 1. The first-order valence-corrected chi connectivity index (χ1v) is 11.1. The number of hydrogen-bond acceptors (Lipinski definition) is 4. The molecule has 0 bridgehead atoms. The second-order valence-corrected chi connectivity index (χ2v) is 9.50. The molecule has 3 rings (SSSR count). The molecule has 1 aromatic rings. The minimum atomic E-state index is -3.45. The lowest BCUT2D eigenvalue weighted by molar-refractivity contribution is -0.121. The molecule has 28 heavy (non-hydrogen) atoms. The summed E-state index contributed by atoms with van der Waals surface area (Å²) in [5, 5.41) is 2.87. The summed E-state index contributed by atoms with van der Waals surface area (Å²) in [7, 11) is -0.0126. The number of nitrogens with one attached hydrogen (secondary N) is 1. The van der Waals surface area contributed by atoms with Crippen molar-refractivity contribution in [1.82, 2.24) is 14.1 Å². The zero-order valence-electron chi connectivity index (χ0n) is 16.4. The molecule has 1 aromatic carbocycles. The van der Waals surface area contributed by atoms with E-state index in [4.69, 9.17) is 0 Å². The molecule has 0 radical (unpaired) electrons. The van der Waals surface area contributed by atoms with E-state index < -0.39 is 10.0 Å². The van der Waals surface area contributed by atoms with Crippen LogP contribution in [0, 0.1) is 5.92 Å². The lowest BCUT2D eigenvalue weighted by atomic mass is 9.96. The molecule has 0 spiro atoms. The van der Waals surface area contributed by atoms with E-state index in [1.807, 2.05) is 0 Å². The molecule has 0 atom stereocenters. The monoisotopic (exact) mass is 408 g/mol. The Morgan fingerprint density at radius 3 is 2.11 bits per heavy atom. The number of sulfonamides is 1. The molecule has 2 heterocycles. The highest BCUT2D eigenvalue weighted by molar-refractivity contribution is 7.89. The van der Waals surface area contributed by atoms with Gasteiger partial charge in [-0.3, -0.25) is 4.79 Å². The van der Waals surface area contributed by atoms with Crippen LogP contribution in [0.15, 0.2) is 29.2 Å². The van der Waals surface area contributed by atoms with E-state index in [9.17, 15) is 18.0 Å². The number of rotatable bonds is 4. The van der Waals surface area contributed by atoms with Gasteiger partial charge in [0.1, 0.15) is 0 Å². The third-order valence-corrected chi connectivity index (χ3v) is 7.26. The summed E-state index contributed by atoms with van der Waals surface area (Å²) >= 11 is 0. The molecule has 8 nitrogen and oxygen atoms in total. The van der Waals surface area contributed by atoms with Gasteiger partial charge >= 0.3 is 6.03 Å². The molecule has 2 saturated heterocycles. The smallest absolute Gasteiger partial charge is 0.319 e. The van der Waals surface area contributed by atoms with Gasteiger partial charge in [-0.05, 0) is 49.9 Å². The van der Waals surface area contributed by atoms with Crippen molar-refractivity contribution in [3.63, 3.8) is 0 Å². The second-order valence-electron chi connectivity index (χ2n) is 7.56. The van der Waals surface area contributed by atoms with Gasteiger partial charge in [-0.25, -0.2) is 13.2 Å². The van der Waals surface area contributed by atoms with Gasteiger partial charge in [-0.2, -0.15) is 4.31 Å². The fourth-order valence-corrected chi connectivity index (χ4v) is 5.16. The van der Waals surface area contributed by atoms with Crippen LogP contribution in [0.5, 0.6) is 0 Å². The van der Waals surface area contributed by atoms with Crippen LogP contribution in [-0.2, 0) is 14.8 Å². The molecule has 2 fully saturated rings. The van der Waals surface area contributed by atoms with E-state index in [0.717, 1.165) is 12.8 Å². The van der Waals surface area contributed by atoms with Gasteiger partial charge in [0, 0.05) is 51.9 Å². The lowest BCUT2D eigenvalue weighted by Gasteiger charge is -2.33. The van der Waals surface area contributed by atoms with Crippen LogP contribution in [0.25, 0.3) is 0 Å². The molecule has 2 aliphatic rings. The summed E-state index contributed by atoms with van der Waals surface area (Å²) in [5.74, 6) is -0.244. The quantitative estimate of drug-likeness (QED) is 0.823. The minimum absolute atomic E-state index is 0.0336. The van der Waals surface area contributed by atoms with Crippen LogP contribution < -0.4 is 5.32 Å². The Kier molecular flexibility index (Phi) is 6.24. The first-order valence-electron chi connectivity index (χ1n) is 9.66. The third kappa shape index (κ3) is 4.47. The molecule has 9 heteroatoms. The Labute approximate surface area is 166 Å². The van der Waals surface area contributed by atoms with Crippen LogP contribution in [-0.4, -0.2) is 74.7 Å². The summed E-state index contributed by atoms with van der Waals surface area (Å²) in [6, 6.07) is 6.31. The summed E-state index contributed by atoms with van der Waals surface area (Å²) in [5.41, 5.74) is 0.581. The average Bonchev–Trinajstić information content (AvgIpc) is 3.23. The predicted molar refractivity (Wildman–Crippen MR) is 106 cm³/mol. The van der Waals surface area contributed by atoms with Gasteiger partial charge in [0.25, 0.3) is 0 Å². The fraction of sp³-hybridized carbons (Fsp3) is 0.579. The van der Waals surface area contributed by atoms with Crippen molar-refractivity contribution in [2.45, 2.75) is 30.6 Å². The molecule has 154 valence electrons. The maximum Gasteiger partial charge on any atom is 0.319 e. The second kappa shape index (κ2) is 8.48. The molecule has 0 aromatic heterocycles. The zero-order chi connectivity index (χ0) is 20.3. The number of nitrogens with zero attached hydrogens (tertiary/aromatic N) is 3. The van der Waals surface area contributed by atoms with Gasteiger partial charge < -0.3 is 15.1 Å². The number of carbonyl (C=O) groups excluding carboxylic acids is 2. The van der Waals surface area contributed by atoms with Crippen LogP contribution in [0.1, 0.15) is 25.7 Å². The van der Waals surface area contributed by atoms with Gasteiger partial charge in [-0.1, -0.05) is 0 Å². The SMILES string of the molecule is CN(C)C(=O)N1CCC(C(=O)Nc2ccc(S(=O)(=O)N3CCCC3)cc2)CC1. The zero-order valence-corrected chi connectivity index (χ0v) is 17.2. The van der Waals surface area contributed by atoms with E-state index in [0.29, 0.717) is 44.7 Å². The van der Waals surface area contributed by atoms with Gasteiger partial charge in [-0.15, -0.1) is 0 Å². The van der Waals surface area contributed by atoms with Crippen molar-refractivity contribution >= 4 is 27.6 Å². The number of benzene rings is 1. The third-order valence-electron chi connectivity index (χ3n) is 5.34. The van der Waals surface area contributed by atoms with Crippen molar-refractivity contribution in [3.8, 4) is 0 Å². The van der Waals surface area contributed by atoms with Gasteiger partial charge in [0.05, 0.1) is 4.90 Å². The minimum Gasteiger partial charge on any atom is -0.331 e. The Hall–Kier alpha value is -2.13. The van der Waals surface area contributed by atoms with E-state index >= 15 is 0 Å². The maximum atomic E-state index is 12.6. The topological polar surface area (TPSA) is 90.0 Å². The highest BCUT2D eigenvalue weighted by Crippen LogP contribution is 2.24. The van der Waals surface area contributed by atoms with Crippen molar-refractivity contribution in [1.29, 1.82) is 0 Å². The molecule has 1 N–H and O–H groups in total. The lowest BCUT2D eigenvalue weighted by Crippen LogP contribution is -2.45. The Bertz CT molecular complexity index is 809. The molecule has 0 aliphatic carbocycles. The Balaban J connectivity index is 1.56. The summed E-state index contributed by atoms with van der Waals surface area (Å²) in [6.07, 6.45) is 3.03. The number of hydrogen-bond donors (Lipinski definition) is 1. The van der Waals surface area contributed by atoms with Crippen LogP contribution in [0.4, 0.5) is 10.5 Å². The molecular weight excluding hydrogens is 380 g/mol. The van der Waals surface area contributed by atoms with Crippen LogP contribution in [0.3, 0.4) is 0 Å². The van der Waals surface area contributed by atoms with Crippen LogP contribution >= 0.6 is 0 Å². The van der Waals surface area contributed by atoms with Gasteiger partial charge in [0.2, 0.25) is 15.9 Å². The highest BCUT2D eigenvalue weighted by atomic mass is 32.2.